The summed E-state index contributed by atoms with van der Waals surface area (Å²) in [5, 5.41) is 11.1. The van der Waals surface area contributed by atoms with E-state index in [1.807, 2.05) is 35.9 Å². The first-order valence-corrected chi connectivity index (χ1v) is 14.5. The molecule has 1 fully saturated rings. The minimum Gasteiger partial charge on any atom is -0.453 e. The summed E-state index contributed by atoms with van der Waals surface area (Å²) >= 11 is 0. The lowest BCUT2D eigenvalue weighted by Gasteiger charge is -2.35. The number of hydrogen-bond donors (Lipinski definition) is 0. The molecule has 0 unspecified atom stereocenters. The molecule has 4 heterocycles. The third kappa shape index (κ3) is 4.31. The number of rotatable bonds is 5. The molecule has 0 N–H and O–H groups in total. The number of ether oxygens (including phenoxy) is 2. The van der Waals surface area contributed by atoms with Gasteiger partial charge >= 0.3 is 0 Å². The van der Waals surface area contributed by atoms with E-state index < -0.39 is 0 Å². The number of anilines is 2. The van der Waals surface area contributed by atoms with Crippen molar-refractivity contribution in [3.8, 4) is 33.8 Å². The van der Waals surface area contributed by atoms with Crippen LogP contribution in [0.2, 0.25) is 0 Å². The zero-order valence-electron chi connectivity index (χ0n) is 23.8. The lowest BCUT2D eigenvalue weighted by atomic mass is 10.0. The van der Waals surface area contributed by atoms with Crippen LogP contribution in [0.5, 0.6) is 11.5 Å². The van der Waals surface area contributed by atoms with E-state index in [2.05, 4.69) is 92.8 Å². The number of aromatic nitrogens is 4. The fourth-order valence-electron chi connectivity index (χ4n) is 6.24. The maximum absolute atomic E-state index is 6.70. The van der Waals surface area contributed by atoms with Gasteiger partial charge in [0.2, 0.25) is 0 Å². The minimum absolute atomic E-state index is 0.797. The Morgan fingerprint density at radius 2 is 1.12 bits per heavy atom. The molecule has 0 spiro atoms. The van der Waals surface area contributed by atoms with Crippen molar-refractivity contribution in [2.75, 3.05) is 44.3 Å². The lowest BCUT2D eigenvalue weighted by Crippen LogP contribution is -2.41. The predicted molar refractivity (Wildman–Crippen MR) is 167 cm³/mol. The molecule has 0 amide bonds. The van der Waals surface area contributed by atoms with Crippen molar-refractivity contribution in [1.29, 1.82) is 0 Å². The molecule has 8 heteroatoms. The van der Waals surface area contributed by atoms with E-state index in [0.717, 1.165) is 106 Å². The fourth-order valence-corrected chi connectivity index (χ4v) is 6.24. The van der Waals surface area contributed by atoms with Crippen molar-refractivity contribution in [2.45, 2.75) is 0 Å². The first-order chi connectivity index (χ1) is 20.6. The van der Waals surface area contributed by atoms with Crippen molar-refractivity contribution >= 4 is 33.2 Å². The SMILES string of the molecule is Cn1ncc2cc(-c3ccc4c(c3)Oc3cc(-c5ccc6c(cnn6C)c5)ccc3N4CCN3CCOCC3)ccc21. The van der Waals surface area contributed by atoms with Gasteiger partial charge < -0.3 is 14.4 Å². The van der Waals surface area contributed by atoms with Crippen molar-refractivity contribution in [1.82, 2.24) is 24.5 Å². The molecule has 2 aromatic heterocycles. The fraction of sp³-hybridized carbons (Fsp3) is 0.235. The van der Waals surface area contributed by atoms with E-state index in [-0.39, 0.29) is 0 Å². The van der Waals surface area contributed by atoms with Crippen LogP contribution in [0.1, 0.15) is 0 Å². The average Bonchev–Trinajstić information content (AvgIpc) is 3.60. The maximum atomic E-state index is 6.70. The molecule has 2 aliphatic heterocycles. The number of nitrogens with zero attached hydrogens (tertiary/aromatic N) is 6. The first kappa shape index (κ1) is 25.1. The highest BCUT2D eigenvalue weighted by Crippen LogP contribution is 2.49. The van der Waals surface area contributed by atoms with Gasteiger partial charge in [-0.25, -0.2) is 0 Å². The van der Waals surface area contributed by atoms with Crippen molar-refractivity contribution in [3.05, 3.63) is 85.2 Å². The Labute approximate surface area is 244 Å². The Morgan fingerprint density at radius 3 is 1.67 bits per heavy atom. The number of fused-ring (bicyclic) bond motifs is 4. The molecule has 0 radical (unpaired) electrons. The molecule has 6 aromatic rings. The van der Waals surface area contributed by atoms with Gasteiger partial charge in [0.25, 0.3) is 0 Å². The molecule has 210 valence electrons. The Morgan fingerprint density at radius 1 is 0.619 bits per heavy atom. The molecule has 1 saturated heterocycles. The summed E-state index contributed by atoms with van der Waals surface area (Å²) < 4.78 is 16.1. The number of benzene rings is 4. The Balaban J connectivity index is 1.18. The molecule has 42 heavy (non-hydrogen) atoms. The summed E-state index contributed by atoms with van der Waals surface area (Å²) in [5.74, 6) is 1.74. The number of morpholine rings is 1. The van der Waals surface area contributed by atoms with Crippen LogP contribution in [0, 0.1) is 0 Å². The highest BCUT2D eigenvalue weighted by molar-refractivity contribution is 5.89. The molecule has 0 aliphatic carbocycles. The van der Waals surface area contributed by atoms with Crippen LogP contribution < -0.4 is 9.64 Å². The smallest absolute Gasteiger partial charge is 0.151 e. The molecule has 0 atom stereocenters. The second-order valence-electron chi connectivity index (χ2n) is 11.2. The highest BCUT2D eigenvalue weighted by Gasteiger charge is 2.26. The predicted octanol–water partition coefficient (Wildman–Crippen LogP) is 6.37. The monoisotopic (exact) mass is 556 g/mol. The normalized spacial score (nSPS) is 15.1. The van der Waals surface area contributed by atoms with Gasteiger partial charge in [0.05, 0.1) is 48.0 Å². The van der Waals surface area contributed by atoms with Crippen LogP contribution in [-0.4, -0.2) is 63.9 Å². The van der Waals surface area contributed by atoms with Crippen LogP contribution >= 0.6 is 0 Å². The van der Waals surface area contributed by atoms with Crippen LogP contribution in [0.4, 0.5) is 11.4 Å². The summed E-state index contributed by atoms with van der Waals surface area (Å²) in [5.41, 5.74) is 8.94. The molecule has 4 aromatic carbocycles. The molecule has 2 aliphatic rings. The van der Waals surface area contributed by atoms with Crippen LogP contribution in [-0.2, 0) is 18.8 Å². The number of hydrogen-bond acceptors (Lipinski definition) is 6. The second-order valence-corrected chi connectivity index (χ2v) is 11.2. The lowest BCUT2D eigenvalue weighted by molar-refractivity contribution is 0.0394. The second kappa shape index (κ2) is 10.0. The quantitative estimate of drug-likeness (QED) is 0.246. The first-order valence-electron chi connectivity index (χ1n) is 14.5. The zero-order valence-corrected chi connectivity index (χ0v) is 23.8. The van der Waals surface area contributed by atoms with E-state index in [0.29, 0.717) is 0 Å². The standard InChI is InChI=1S/C34H32N6O2/c1-37-29-7-3-23(17-27(29)21-35-37)25-5-9-31-33(19-25)42-34-20-26(24-4-8-30-28(18-24)22-36-38(30)2)6-10-32(34)40(31)12-11-39-13-15-41-16-14-39/h3-10,17-22H,11-16H2,1-2H3. The van der Waals surface area contributed by atoms with Crippen LogP contribution in [0.15, 0.2) is 85.2 Å². The Kier molecular flexibility index (Phi) is 5.98. The van der Waals surface area contributed by atoms with Gasteiger partial charge in [-0.1, -0.05) is 24.3 Å². The molecule has 8 nitrogen and oxygen atoms in total. The summed E-state index contributed by atoms with van der Waals surface area (Å²) in [7, 11) is 3.95. The van der Waals surface area contributed by atoms with Gasteiger partial charge in [-0.05, 0) is 70.8 Å². The van der Waals surface area contributed by atoms with Gasteiger partial charge in [-0.2, -0.15) is 10.2 Å². The zero-order chi connectivity index (χ0) is 28.2. The van der Waals surface area contributed by atoms with E-state index in [1.165, 1.54) is 0 Å². The van der Waals surface area contributed by atoms with Gasteiger partial charge in [-0.3, -0.25) is 14.3 Å². The van der Waals surface area contributed by atoms with Crippen molar-refractivity contribution in [3.63, 3.8) is 0 Å². The molecule has 0 bridgehead atoms. The van der Waals surface area contributed by atoms with Gasteiger partial charge in [0.1, 0.15) is 0 Å². The topological polar surface area (TPSA) is 60.6 Å². The summed E-state index contributed by atoms with van der Waals surface area (Å²) in [4.78, 5) is 4.89. The molecule has 0 saturated carbocycles. The third-order valence-corrected chi connectivity index (χ3v) is 8.62. The van der Waals surface area contributed by atoms with Gasteiger partial charge in [0, 0.05) is 51.0 Å². The van der Waals surface area contributed by atoms with Crippen LogP contribution in [0.25, 0.3) is 44.1 Å². The van der Waals surface area contributed by atoms with E-state index in [4.69, 9.17) is 9.47 Å². The molecule has 8 rings (SSSR count). The van der Waals surface area contributed by atoms with Crippen LogP contribution in [0.3, 0.4) is 0 Å². The summed E-state index contributed by atoms with van der Waals surface area (Å²) in [6.07, 6.45) is 3.84. The van der Waals surface area contributed by atoms with E-state index in [9.17, 15) is 0 Å². The van der Waals surface area contributed by atoms with Crippen molar-refractivity contribution < 1.29 is 9.47 Å². The molecular formula is C34H32N6O2. The summed E-state index contributed by atoms with van der Waals surface area (Å²) in [6.45, 7) is 5.36. The third-order valence-electron chi connectivity index (χ3n) is 8.62. The summed E-state index contributed by atoms with van der Waals surface area (Å²) in [6, 6.07) is 26.1. The number of aryl methyl sites for hydroxylation is 2. The van der Waals surface area contributed by atoms with Gasteiger partial charge in [-0.15, -0.1) is 0 Å². The molecular weight excluding hydrogens is 524 g/mol. The Hall–Kier alpha value is -4.66. The largest absolute Gasteiger partial charge is 0.453 e. The Bertz CT molecular complexity index is 1820. The van der Waals surface area contributed by atoms with Gasteiger partial charge in [0.15, 0.2) is 11.5 Å². The minimum atomic E-state index is 0.797. The van der Waals surface area contributed by atoms with E-state index >= 15 is 0 Å². The van der Waals surface area contributed by atoms with Crippen molar-refractivity contribution in [2.24, 2.45) is 14.1 Å². The average molecular weight is 557 g/mol. The van der Waals surface area contributed by atoms with E-state index in [1.54, 1.807) is 0 Å². The maximum Gasteiger partial charge on any atom is 0.151 e. The highest BCUT2D eigenvalue weighted by atomic mass is 16.5.